The average Bonchev–Trinajstić information content (AvgIpc) is 2.51. The van der Waals surface area contributed by atoms with Crippen LogP contribution >= 0.6 is 0 Å². The molecule has 21 heavy (non-hydrogen) atoms. The van der Waals surface area contributed by atoms with Crippen LogP contribution in [0.15, 0.2) is 0 Å². The fourth-order valence-electron chi connectivity index (χ4n) is 0.986. The summed E-state index contributed by atoms with van der Waals surface area (Å²) in [6.07, 6.45) is -5.37. The quantitative estimate of drug-likeness (QED) is 0.154. The number of carbonyl (C=O) groups is 1. The average molecular weight is 314 g/mol. The third-order valence-electron chi connectivity index (χ3n) is 2.12. The lowest BCUT2D eigenvalue weighted by molar-refractivity contribution is -0.209. The predicted octanol–water partition coefficient (Wildman–Crippen LogP) is -4.05. The van der Waals surface area contributed by atoms with Crippen LogP contribution in [0.5, 0.6) is 0 Å². The van der Waals surface area contributed by atoms with E-state index in [1.165, 1.54) is 0 Å². The van der Waals surface area contributed by atoms with E-state index in [0.29, 0.717) is 0 Å². The van der Waals surface area contributed by atoms with Gasteiger partial charge >= 0.3 is 5.97 Å². The van der Waals surface area contributed by atoms with Gasteiger partial charge in [-0.3, -0.25) is 0 Å². The molecule has 10 nitrogen and oxygen atoms in total. The minimum Gasteiger partial charge on any atom is -0.459 e. The van der Waals surface area contributed by atoms with Crippen molar-refractivity contribution in [1.29, 1.82) is 0 Å². The van der Waals surface area contributed by atoms with Crippen LogP contribution in [0.3, 0.4) is 0 Å². The van der Waals surface area contributed by atoms with E-state index in [9.17, 15) is 4.79 Å². The Morgan fingerprint density at radius 1 is 0.762 bits per heavy atom. The molecule has 6 N–H and O–H groups in total. The number of hydrogen-bond acceptors (Lipinski definition) is 10. The Labute approximate surface area is 121 Å². The maximum Gasteiger partial charge on any atom is 0.363 e. The number of ether oxygens (including phenoxy) is 3. The minimum atomic E-state index is -1.63. The van der Waals surface area contributed by atoms with Crippen LogP contribution in [0, 0.1) is 0 Å². The molecule has 3 atom stereocenters. The minimum absolute atomic E-state index is 0.436. The van der Waals surface area contributed by atoms with Crippen LogP contribution in [0.4, 0.5) is 0 Å². The highest BCUT2D eigenvalue weighted by molar-refractivity contribution is 5.73. The Hall–Kier alpha value is -0.850. The van der Waals surface area contributed by atoms with E-state index in [1.54, 1.807) is 0 Å². The van der Waals surface area contributed by atoms with E-state index in [-0.39, 0.29) is 0 Å². The van der Waals surface area contributed by atoms with Crippen LogP contribution < -0.4 is 0 Å². The third-order valence-corrected chi connectivity index (χ3v) is 2.12. The van der Waals surface area contributed by atoms with Gasteiger partial charge in [0.15, 0.2) is 0 Å². The number of esters is 1. The monoisotopic (exact) mass is 314 g/mol. The number of rotatable bonds is 12. The zero-order valence-corrected chi connectivity index (χ0v) is 11.4. The van der Waals surface area contributed by atoms with Crippen LogP contribution in [-0.4, -0.2) is 101 Å². The first-order valence-electron chi connectivity index (χ1n) is 6.21. The summed E-state index contributed by atoms with van der Waals surface area (Å²) >= 11 is 0. The lowest BCUT2D eigenvalue weighted by Gasteiger charge is -2.20. The second-order valence-corrected chi connectivity index (χ2v) is 4.14. The first kappa shape index (κ1) is 20.1. The largest absolute Gasteiger partial charge is 0.459 e. The summed E-state index contributed by atoms with van der Waals surface area (Å²) in [5.74, 6) is -1.06. The number of hydrogen-bond donors (Lipinski definition) is 6. The summed E-state index contributed by atoms with van der Waals surface area (Å²) in [7, 11) is 0. The van der Waals surface area contributed by atoms with Crippen molar-refractivity contribution in [3.63, 3.8) is 0 Å². The smallest absolute Gasteiger partial charge is 0.363 e. The number of carbonyl (C=O) groups excluding carboxylic acids is 1. The van der Waals surface area contributed by atoms with Gasteiger partial charge < -0.3 is 44.8 Å². The molecular formula is C11H22O10. The zero-order valence-electron chi connectivity index (χ0n) is 11.4. The summed E-state index contributed by atoms with van der Waals surface area (Å²) in [5, 5.41) is 53.1. The molecule has 0 aromatic heterocycles. The van der Waals surface area contributed by atoms with Crippen molar-refractivity contribution in [2.45, 2.75) is 24.6 Å². The second-order valence-electron chi connectivity index (χ2n) is 4.14. The Morgan fingerprint density at radius 2 is 1.14 bits per heavy atom. The fraction of sp³-hybridized carbons (Fsp3) is 0.909. The molecule has 0 heterocycles. The molecule has 0 saturated carbocycles. The summed E-state index contributed by atoms with van der Waals surface area (Å²) in [5.41, 5.74) is 0. The Balaban J connectivity index is 4.36. The molecular weight excluding hydrogens is 292 g/mol. The molecule has 0 fully saturated rings. The summed E-state index contributed by atoms with van der Waals surface area (Å²) in [6.45, 7) is -3.16. The van der Waals surface area contributed by atoms with Crippen molar-refractivity contribution in [2.75, 3.05) is 39.6 Å². The van der Waals surface area contributed by atoms with E-state index >= 15 is 0 Å². The van der Waals surface area contributed by atoms with Crippen molar-refractivity contribution in [1.82, 2.24) is 0 Å². The molecule has 10 heteroatoms. The van der Waals surface area contributed by atoms with Gasteiger partial charge in [-0.2, -0.15) is 0 Å². The molecule has 3 unspecified atom stereocenters. The molecule has 0 aromatic rings. The Morgan fingerprint density at radius 3 is 1.52 bits per heavy atom. The molecule has 0 aromatic carbocycles. The van der Waals surface area contributed by atoms with Gasteiger partial charge in [-0.15, -0.1) is 0 Å². The van der Waals surface area contributed by atoms with Crippen LogP contribution in [0.2, 0.25) is 0 Å². The number of aliphatic hydroxyl groups is 6. The zero-order chi connectivity index (χ0) is 16.3. The van der Waals surface area contributed by atoms with Gasteiger partial charge in [0.05, 0.1) is 33.0 Å². The third kappa shape index (κ3) is 9.66. The Kier molecular flexibility index (Phi) is 11.3. The second kappa shape index (κ2) is 11.8. The van der Waals surface area contributed by atoms with Crippen molar-refractivity contribution < 1.29 is 49.6 Å². The van der Waals surface area contributed by atoms with Gasteiger partial charge in [0.1, 0.15) is 24.9 Å². The van der Waals surface area contributed by atoms with E-state index in [4.69, 9.17) is 40.1 Å². The van der Waals surface area contributed by atoms with E-state index in [2.05, 4.69) is 4.74 Å². The molecule has 126 valence electrons. The van der Waals surface area contributed by atoms with Crippen molar-refractivity contribution in [3.05, 3.63) is 0 Å². The summed E-state index contributed by atoms with van der Waals surface area (Å²) < 4.78 is 14.3. The van der Waals surface area contributed by atoms with Gasteiger partial charge in [-0.05, 0) is 0 Å². The SMILES string of the molecule is O=C(OCC(O)CO)C(OCC(O)CO)OCC(O)CO. The molecule has 0 saturated heterocycles. The van der Waals surface area contributed by atoms with Crippen LogP contribution in [-0.2, 0) is 19.0 Å². The van der Waals surface area contributed by atoms with Crippen LogP contribution in [0.25, 0.3) is 0 Å². The van der Waals surface area contributed by atoms with E-state index in [0.717, 1.165) is 0 Å². The fourth-order valence-corrected chi connectivity index (χ4v) is 0.986. The molecule has 0 spiro atoms. The molecule has 0 aliphatic rings. The summed E-state index contributed by atoms with van der Waals surface area (Å²) in [6, 6.07) is 0. The lowest BCUT2D eigenvalue weighted by Crippen LogP contribution is -2.37. The van der Waals surface area contributed by atoms with Gasteiger partial charge in [0.2, 0.25) is 0 Å². The number of aliphatic hydroxyl groups excluding tert-OH is 6. The molecule has 0 amide bonds. The van der Waals surface area contributed by atoms with Gasteiger partial charge in [0.25, 0.3) is 6.29 Å². The lowest BCUT2D eigenvalue weighted by atomic mass is 10.4. The maximum absolute atomic E-state index is 11.6. The van der Waals surface area contributed by atoms with Crippen LogP contribution in [0.1, 0.15) is 0 Å². The summed E-state index contributed by atoms with van der Waals surface area (Å²) in [4.78, 5) is 11.6. The topological polar surface area (TPSA) is 166 Å². The normalized spacial score (nSPS) is 17.0. The molecule has 0 aliphatic carbocycles. The Bertz CT molecular complexity index is 260. The van der Waals surface area contributed by atoms with Gasteiger partial charge in [-0.1, -0.05) is 0 Å². The highest BCUT2D eigenvalue weighted by Gasteiger charge is 2.24. The standard InChI is InChI=1S/C11H22O10/c12-1-7(15)4-19-10(18)11(20-5-8(16)2-13)21-6-9(17)3-14/h7-9,11-17H,1-6H2. The molecule has 0 aliphatic heterocycles. The highest BCUT2D eigenvalue weighted by atomic mass is 16.7. The molecule has 0 bridgehead atoms. The highest BCUT2D eigenvalue weighted by Crippen LogP contribution is 2.02. The molecule has 0 radical (unpaired) electrons. The van der Waals surface area contributed by atoms with Crippen molar-refractivity contribution in [3.8, 4) is 0 Å². The van der Waals surface area contributed by atoms with E-state index < -0.39 is 70.2 Å². The van der Waals surface area contributed by atoms with Gasteiger partial charge in [-0.25, -0.2) is 4.79 Å². The van der Waals surface area contributed by atoms with Gasteiger partial charge in [0, 0.05) is 0 Å². The van der Waals surface area contributed by atoms with Crippen molar-refractivity contribution in [2.24, 2.45) is 0 Å². The van der Waals surface area contributed by atoms with Crippen molar-refractivity contribution >= 4 is 5.97 Å². The first-order valence-corrected chi connectivity index (χ1v) is 6.21. The predicted molar refractivity (Wildman–Crippen MR) is 65.9 cm³/mol. The first-order chi connectivity index (χ1) is 9.94. The molecule has 0 rings (SSSR count). The maximum atomic E-state index is 11.6. The van der Waals surface area contributed by atoms with E-state index in [1.807, 2.05) is 0 Å².